The SMILES string of the molecule is CC(C)Oc1ccc(C(=O)Cn2nccn2)cc1-n1c(CN2CCN(C(=O)COc3ccc(C(F)(F)F)cc3)CC2)nc2cccc(C#CSI)c2c1=O. The molecule has 1 aliphatic heterocycles. The molecule has 0 N–H and O–H groups in total. The number of ketones is 1. The van der Waals surface area contributed by atoms with Gasteiger partial charge in [-0.1, -0.05) is 12.0 Å². The maximum absolute atomic E-state index is 14.7. The number of Topliss-reactive ketones (excluding diaryl/α,β-unsaturated/α-hetero) is 1. The first-order valence-corrected chi connectivity index (χ1v) is 20.1. The van der Waals surface area contributed by atoms with E-state index in [4.69, 9.17) is 14.5 Å². The van der Waals surface area contributed by atoms with Crippen LogP contribution in [-0.4, -0.2) is 84.9 Å². The van der Waals surface area contributed by atoms with Crippen LogP contribution in [0.15, 0.2) is 77.9 Å². The molecule has 3 aromatic carbocycles. The third-order valence-corrected chi connectivity index (χ3v) is 9.30. The van der Waals surface area contributed by atoms with E-state index in [9.17, 15) is 27.6 Å². The topological polar surface area (TPSA) is 125 Å². The molecule has 0 unspecified atom stereocenters. The Morgan fingerprint density at radius 1 is 1.00 bits per heavy atom. The molecule has 0 atom stereocenters. The number of hydrogen-bond donors (Lipinski definition) is 0. The molecule has 0 saturated carbocycles. The Morgan fingerprint density at radius 2 is 1.72 bits per heavy atom. The van der Waals surface area contributed by atoms with Gasteiger partial charge in [0.1, 0.15) is 23.9 Å². The average molecular weight is 872 g/mol. The molecular formula is C37H33F3IN7O5S. The van der Waals surface area contributed by atoms with Gasteiger partial charge in [0.15, 0.2) is 12.4 Å². The number of aromatic nitrogens is 5. The second-order valence-electron chi connectivity index (χ2n) is 12.5. The number of benzene rings is 3. The molecule has 1 fully saturated rings. The molecule has 0 radical (unpaired) electrons. The number of halogens is 4. The van der Waals surface area contributed by atoms with Crippen LogP contribution in [0.2, 0.25) is 0 Å². The number of carbonyl (C=O) groups is 2. The average Bonchev–Trinajstić information content (AvgIpc) is 3.66. The molecule has 280 valence electrons. The van der Waals surface area contributed by atoms with Crippen molar-refractivity contribution in [3.05, 3.63) is 106 Å². The van der Waals surface area contributed by atoms with E-state index in [1.165, 1.54) is 42.8 Å². The summed E-state index contributed by atoms with van der Waals surface area (Å²) in [6.07, 6.45) is -1.77. The number of carbonyl (C=O) groups excluding carboxylic acids is 2. The van der Waals surface area contributed by atoms with Crippen molar-refractivity contribution in [2.24, 2.45) is 0 Å². The second-order valence-corrected chi connectivity index (χ2v) is 14.2. The van der Waals surface area contributed by atoms with Crippen molar-refractivity contribution in [2.45, 2.75) is 39.2 Å². The molecule has 0 bridgehead atoms. The van der Waals surface area contributed by atoms with Crippen LogP contribution in [0.5, 0.6) is 11.5 Å². The zero-order chi connectivity index (χ0) is 38.4. The molecule has 5 aromatic rings. The second kappa shape index (κ2) is 17.0. The highest BCUT2D eigenvalue weighted by atomic mass is 127. The molecule has 1 aliphatic rings. The lowest BCUT2D eigenvalue weighted by Gasteiger charge is -2.34. The number of alkyl halides is 3. The van der Waals surface area contributed by atoms with Crippen molar-refractivity contribution in [1.29, 1.82) is 0 Å². The van der Waals surface area contributed by atoms with Crippen LogP contribution in [-0.2, 0) is 24.1 Å². The minimum atomic E-state index is -4.47. The Labute approximate surface area is 324 Å². The van der Waals surface area contributed by atoms with Gasteiger partial charge >= 0.3 is 6.18 Å². The predicted octanol–water partition coefficient (Wildman–Crippen LogP) is 5.78. The molecule has 6 rings (SSSR count). The van der Waals surface area contributed by atoms with Gasteiger partial charge in [0.05, 0.1) is 47.2 Å². The van der Waals surface area contributed by atoms with E-state index in [0.717, 1.165) is 12.1 Å². The van der Waals surface area contributed by atoms with Gasteiger partial charge in [-0.25, -0.2) is 4.98 Å². The van der Waals surface area contributed by atoms with E-state index in [0.29, 0.717) is 65.5 Å². The Morgan fingerprint density at radius 3 is 2.39 bits per heavy atom. The fourth-order valence-electron chi connectivity index (χ4n) is 5.90. The third kappa shape index (κ3) is 9.22. The molecule has 0 spiro atoms. The summed E-state index contributed by atoms with van der Waals surface area (Å²) >= 11 is 2.06. The van der Waals surface area contributed by atoms with E-state index in [-0.39, 0.29) is 48.8 Å². The lowest BCUT2D eigenvalue weighted by Crippen LogP contribution is -2.50. The van der Waals surface area contributed by atoms with E-state index >= 15 is 0 Å². The standard InChI is InChI=1S/C37H33F3IN7O5S/c1-24(2)53-32-11-6-26(31(49)21-47-42-13-14-43-47)20-30(32)48-33(44-29-5-3-4-25(12-19-54-41)35(29)36(48)51)22-45-15-17-46(18-16-45)34(50)23-52-28-9-7-27(8-10-28)37(38,39)40/h3-11,13-14,20,24H,15-18,21-23H2,1-2H3. The van der Waals surface area contributed by atoms with E-state index in [1.807, 2.05) is 13.8 Å². The van der Waals surface area contributed by atoms with Crippen molar-refractivity contribution in [2.75, 3.05) is 32.8 Å². The van der Waals surface area contributed by atoms with Crippen LogP contribution in [0.1, 0.15) is 41.2 Å². The molecule has 1 amide bonds. The Kier molecular flexibility index (Phi) is 12.2. The number of hydrogen-bond acceptors (Lipinski definition) is 10. The first-order valence-electron chi connectivity index (χ1n) is 16.7. The van der Waals surface area contributed by atoms with Gasteiger partial charge in [0.25, 0.3) is 11.5 Å². The Hall–Kier alpha value is -4.93. The number of fused-ring (bicyclic) bond motifs is 1. The minimum absolute atomic E-state index is 0.110. The number of amides is 1. The molecule has 54 heavy (non-hydrogen) atoms. The van der Waals surface area contributed by atoms with Gasteiger partial charge in [-0.05, 0) is 82.6 Å². The number of ether oxygens (including phenoxy) is 2. The van der Waals surface area contributed by atoms with Crippen LogP contribution in [0.25, 0.3) is 16.6 Å². The number of rotatable bonds is 11. The fourth-order valence-corrected chi connectivity index (χ4v) is 6.38. The van der Waals surface area contributed by atoms with Crippen LogP contribution >= 0.6 is 30.1 Å². The summed E-state index contributed by atoms with van der Waals surface area (Å²) in [6.45, 7) is 5.04. The van der Waals surface area contributed by atoms with E-state index in [1.54, 1.807) is 41.3 Å². The van der Waals surface area contributed by atoms with Gasteiger partial charge in [0, 0.05) is 58.5 Å². The van der Waals surface area contributed by atoms with E-state index < -0.39 is 11.7 Å². The van der Waals surface area contributed by atoms with Gasteiger partial charge in [-0.3, -0.25) is 23.9 Å². The van der Waals surface area contributed by atoms with Gasteiger partial charge in [-0.2, -0.15) is 28.2 Å². The number of piperazine rings is 1. The Balaban J connectivity index is 1.29. The summed E-state index contributed by atoms with van der Waals surface area (Å²) in [5.41, 5.74) is 0.409. The number of nitrogens with zero attached hydrogens (tertiary/aromatic N) is 7. The third-order valence-electron chi connectivity index (χ3n) is 8.46. The van der Waals surface area contributed by atoms with Crippen LogP contribution in [0.4, 0.5) is 13.2 Å². The van der Waals surface area contributed by atoms with Crippen molar-refractivity contribution in [3.63, 3.8) is 0 Å². The monoisotopic (exact) mass is 871 g/mol. The van der Waals surface area contributed by atoms with Crippen molar-refractivity contribution < 1.29 is 32.2 Å². The predicted molar refractivity (Wildman–Crippen MR) is 205 cm³/mol. The van der Waals surface area contributed by atoms with Crippen molar-refractivity contribution in [1.82, 2.24) is 34.3 Å². The highest BCUT2D eigenvalue weighted by molar-refractivity contribution is 14.2. The summed E-state index contributed by atoms with van der Waals surface area (Å²) in [5.74, 6) is 3.38. The first kappa shape index (κ1) is 38.8. The van der Waals surface area contributed by atoms with Gasteiger partial charge in [0.2, 0.25) is 0 Å². The fraction of sp³-hybridized carbons (Fsp3) is 0.297. The summed E-state index contributed by atoms with van der Waals surface area (Å²) in [6, 6.07) is 14.4. The lowest BCUT2D eigenvalue weighted by atomic mass is 10.1. The summed E-state index contributed by atoms with van der Waals surface area (Å²) in [7, 11) is 1.29. The van der Waals surface area contributed by atoms with Gasteiger partial charge in [-0.15, -0.1) is 0 Å². The normalized spacial score (nSPS) is 13.5. The van der Waals surface area contributed by atoms with Crippen molar-refractivity contribution in [3.8, 4) is 28.4 Å². The first-order chi connectivity index (χ1) is 25.9. The molecular weight excluding hydrogens is 838 g/mol. The maximum atomic E-state index is 14.7. The van der Waals surface area contributed by atoms with Crippen LogP contribution in [0, 0.1) is 11.2 Å². The van der Waals surface area contributed by atoms with Gasteiger partial charge < -0.3 is 14.4 Å². The Bertz CT molecular complexity index is 2260. The van der Waals surface area contributed by atoms with Crippen LogP contribution < -0.4 is 15.0 Å². The zero-order valence-electron chi connectivity index (χ0n) is 29.0. The summed E-state index contributed by atoms with van der Waals surface area (Å²) < 4.78 is 51.9. The molecule has 0 aliphatic carbocycles. The molecule has 1 saturated heterocycles. The van der Waals surface area contributed by atoms with E-state index in [2.05, 4.69) is 47.5 Å². The molecule has 17 heteroatoms. The smallest absolute Gasteiger partial charge is 0.416 e. The minimum Gasteiger partial charge on any atom is -0.489 e. The molecule has 3 heterocycles. The van der Waals surface area contributed by atoms with Crippen LogP contribution in [0.3, 0.4) is 0 Å². The largest absolute Gasteiger partial charge is 0.489 e. The highest BCUT2D eigenvalue weighted by Crippen LogP contribution is 2.31. The summed E-state index contributed by atoms with van der Waals surface area (Å²) in [5, 5.41) is 11.3. The van der Waals surface area contributed by atoms with Crippen molar-refractivity contribution >= 4 is 52.7 Å². The molecule has 12 nitrogen and oxygen atoms in total. The maximum Gasteiger partial charge on any atom is 0.416 e. The highest BCUT2D eigenvalue weighted by Gasteiger charge is 2.30. The lowest BCUT2D eigenvalue weighted by molar-refractivity contribution is -0.138. The molecule has 2 aromatic heterocycles. The zero-order valence-corrected chi connectivity index (χ0v) is 32.0. The quantitative estimate of drug-likeness (QED) is 0.0917. The summed E-state index contributed by atoms with van der Waals surface area (Å²) in [4.78, 5) is 51.0.